The Morgan fingerprint density at radius 1 is 1.19 bits per heavy atom. The van der Waals surface area contributed by atoms with Crippen LogP contribution >= 0.6 is 35.0 Å². The molecule has 1 N–H and O–H groups in total. The minimum atomic E-state index is -0.0947. The van der Waals surface area contributed by atoms with Gasteiger partial charge in [0.05, 0.1) is 10.8 Å². The van der Waals surface area contributed by atoms with Gasteiger partial charge in [-0.25, -0.2) is 0 Å². The molecule has 0 aliphatic heterocycles. The predicted octanol–water partition coefficient (Wildman–Crippen LogP) is 5.14. The first-order valence-corrected chi connectivity index (χ1v) is 9.94. The fraction of sp³-hybridized carbons (Fsp3) is 0.211. The van der Waals surface area contributed by atoms with Crippen LogP contribution in [0.25, 0.3) is 11.4 Å². The van der Waals surface area contributed by atoms with Crippen molar-refractivity contribution >= 4 is 46.6 Å². The Balaban J connectivity index is 1.69. The van der Waals surface area contributed by atoms with Crippen LogP contribution in [-0.4, -0.2) is 26.4 Å². The molecule has 0 bridgehead atoms. The fourth-order valence-corrected chi connectivity index (χ4v) is 3.75. The molecule has 0 saturated heterocycles. The number of benzene rings is 2. The van der Waals surface area contributed by atoms with E-state index >= 15 is 0 Å². The van der Waals surface area contributed by atoms with E-state index in [1.54, 1.807) is 18.2 Å². The van der Waals surface area contributed by atoms with Gasteiger partial charge in [-0.15, -0.1) is 10.2 Å². The molecule has 8 heteroatoms. The number of carbonyl (C=O) groups is 1. The average molecular weight is 421 g/mol. The van der Waals surface area contributed by atoms with Gasteiger partial charge in [-0.05, 0) is 49.2 Å². The second-order valence-corrected chi connectivity index (χ2v) is 7.86. The lowest BCUT2D eigenvalue weighted by atomic mass is 10.1. The molecule has 0 aliphatic rings. The summed E-state index contributed by atoms with van der Waals surface area (Å²) in [5.41, 5.74) is 3.77. The smallest absolute Gasteiger partial charge is 0.234 e. The first-order chi connectivity index (χ1) is 12.9. The van der Waals surface area contributed by atoms with Crippen LogP contribution in [0.2, 0.25) is 10.0 Å². The van der Waals surface area contributed by atoms with Gasteiger partial charge in [0, 0.05) is 23.3 Å². The lowest BCUT2D eigenvalue weighted by Crippen LogP contribution is -2.15. The zero-order valence-corrected chi connectivity index (χ0v) is 17.4. The van der Waals surface area contributed by atoms with E-state index < -0.39 is 0 Å². The Morgan fingerprint density at radius 3 is 2.70 bits per heavy atom. The average Bonchev–Trinajstić information content (AvgIpc) is 2.98. The lowest BCUT2D eigenvalue weighted by molar-refractivity contribution is -0.113. The van der Waals surface area contributed by atoms with E-state index in [9.17, 15) is 4.79 Å². The number of carbonyl (C=O) groups excluding carboxylic acids is 1. The molecule has 3 rings (SSSR count). The number of aryl methyl sites for hydroxylation is 1. The number of nitrogens with zero attached hydrogens (tertiary/aromatic N) is 3. The maximum atomic E-state index is 12.3. The van der Waals surface area contributed by atoms with Crippen LogP contribution in [0.4, 0.5) is 5.69 Å². The van der Waals surface area contributed by atoms with Crippen molar-refractivity contribution in [1.82, 2.24) is 14.8 Å². The monoisotopic (exact) mass is 420 g/mol. The van der Waals surface area contributed by atoms with Crippen molar-refractivity contribution in [3.05, 3.63) is 57.6 Å². The summed E-state index contributed by atoms with van der Waals surface area (Å²) in [6.07, 6.45) is 0. The highest BCUT2D eigenvalue weighted by Gasteiger charge is 2.15. The minimum Gasteiger partial charge on any atom is -0.325 e. The molecule has 1 amide bonds. The highest BCUT2D eigenvalue weighted by atomic mass is 35.5. The SMILES string of the molecule is Cc1cccc(NC(=O)CSc2nnc(-c3ccc(Cl)cc3Cl)n2C)c1C. The molecule has 140 valence electrons. The number of halogens is 2. The summed E-state index contributed by atoms with van der Waals surface area (Å²) in [4.78, 5) is 12.3. The molecule has 1 heterocycles. The summed E-state index contributed by atoms with van der Waals surface area (Å²) < 4.78 is 1.81. The summed E-state index contributed by atoms with van der Waals surface area (Å²) >= 11 is 13.5. The number of anilines is 1. The van der Waals surface area contributed by atoms with Gasteiger partial charge in [-0.2, -0.15) is 0 Å². The zero-order valence-electron chi connectivity index (χ0n) is 15.1. The highest BCUT2D eigenvalue weighted by Crippen LogP contribution is 2.30. The Morgan fingerprint density at radius 2 is 1.96 bits per heavy atom. The standard InChI is InChI=1S/C19H18Cl2N4OS/c1-11-5-4-6-16(12(11)2)22-17(26)10-27-19-24-23-18(25(19)3)14-8-7-13(20)9-15(14)21/h4-9H,10H2,1-3H3,(H,22,26). The van der Waals surface area contributed by atoms with E-state index in [-0.39, 0.29) is 11.7 Å². The quantitative estimate of drug-likeness (QED) is 0.580. The maximum Gasteiger partial charge on any atom is 0.234 e. The van der Waals surface area contributed by atoms with Crippen LogP contribution in [0.3, 0.4) is 0 Å². The van der Waals surface area contributed by atoms with E-state index in [2.05, 4.69) is 15.5 Å². The summed E-state index contributed by atoms with van der Waals surface area (Å²) in [5, 5.41) is 13.0. The van der Waals surface area contributed by atoms with Gasteiger partial charge in [-0.1, -0.05) is 47.1 Å². The third kappa shape index (κ3) is 4.46. The first-order valence-electron chi connectivity index (χ1n) is 8.20. The number of hydrogen-bond acceptors (Lipinski definition) is 4. The van der Waals surface area contributed by atoms with Crippen LogP contribution in [0.1, 0.15) is 11.1 Å². The topological polar surface area (TPSA) is 59.8 Å². The molecule has 0 atom stereocenters. The molecule has 0 spiro atoms. The van der Waals surface area contributed by atoms with E-state index in [0.29, 0.717) is 21.0 Å². The lowest BCUT2D eigenvalue weighted by Gasteiger charge is -2.10. The largest absolute Gasteiger partial charge is 0.325 e. The van der Waals surface area contributed by atoms with Gasteiger partial charge in [0.25, 0.3) is 0 Å². The summed E-state index contributed by atoms with van der Waals surface area (Å²) in [6.45, 7) is 4.01. The second kappa shape index (κ2) is 8.33. The van der Waals surface area contributed by atoms with Crippen LogP contribution in [0.15, 0.2) is 41.6 Å². The van der Waals surface area contributed by atoms with Gasteiger partial charge in [0.2, 0.25) is 5.91 Å². The zero-order chi connectivity index (χ0) is 19.6. The first kappa shape index (κ1) is 19.7. The number of rotatable bonds is 5. The van der Waals surface area contributed by atoms with Crippen molar-refractivity contribution in [2.75, 3.05) is 11.1 Å². The molecule has 0 radical (unpaired) electrons. The maximum absolute atomic E-state index is 12.3. The van der Waals surface area contributed by atoms with Crippen molar-refractivity contribution in [3.8, 4) is 11.4 Å². The number of hydrogen-bond donors (Lipinski definition) is 1. The van der Waals surface area contributed by atoms with E-state index in [0.717, 1.165) is 22.4 Å². The Bertz CT molecular complexity index is 1000. The third-order valence-electron chi connectivity index (χ3n) is 4.22. The summed E-state index contributed by atoms with van der Waals surface area (Å²) in [7, 11) is 1.84. The van der Waals surface area contributed by atoms with Crippen LogP contribution in [0, 0.1) is 13.8 Å². The van der Waals surface area contributed by atoms with Crippen molar-refractivity contribution in [1.29, 1.82) is 0 Å². The normalized spacial score (nSPS) is 10.9. The molecule has 1 aromatic heterocycles. The van der Waals surface area contributed by atoms with Crippen molar-refractivity contribution < 1.29 is 4.79 Å². The molecular weight excluding hydrogens is 403 g/mol. The summed E-state index contributed by atoms with van der Waals surface area (Å²) in [5.74, 6) is 0.755. The van der Waals surface area contributed by atoms with Gasteiger partial charge in [0.1, 0.15) is 0 Å². The van der Waals surface area contributed by atoms with Crippen molar-refractivity contribution in [2.45, 2.75) is 19.0 Å². The molecule has 27 heavy (non-hydrogen) atoms. The Kier molecular flexibility index (Phi) is 6.09. The predicted molar refractivity (Wildman–Crippen MR) is 112 cm³/mol. The highest BCUT2D eigenvalue weighted by molar-refractivity contribution is 7.99. The number of nitrogens with one attached hydrogen (secondary N) is 1. The number of amides is 1. The molecule has 0 saturated carbocycles. The molecular formula is C19H18Cl2N4OS. The second-order valence-electron chi connectivity index (χ2n) is 6.07. The molecule has 0 fully saturated rings. The van der Waals surface area contributed by atoms with Gasteiger partial charge < -0.3 is 9.88 Å². The van der Waals surface area contributed by atoms with Crippen molar-refractivity contribution in [3.63, 3.8) is 0 Å². The van der Waals surface area contributed by atoms with Crippen molar-refractivity contribution in [2.24, 2.45) is 7.05 Å². The Hall–Kier alpha value is -2.02. The number of thioether (sulfide) groups is 1. The minimum absolute atomic E-state index is 0.0947. The van der Waals surface area contributed by atoms with Crippen LogP contribution < -0.4 is 5.32 Å². The molecule has 3 aromatic rings. The van der Waals surface area contributed by atoms with Gasteiger partial charge in [0.15, 0.2) is 11.0 Å². The fourth-order valence-electron chi connectivity index (χ4n) is 2.55. The molecule has 0 aliphatic carbocycles. The molecule has 2 aromatic carbocycles. The van der Waals surface area contributed by atoms with Gasteiger partial charge >= 0.3 is 0 Å². The van der Waals surface area contributed by atoms with E-state index in [4.69, 9.17) is 23.2 Å². The van der Waals surface area contributed by atoms with E-state index in [1.807, 2.05) is 43.7 Å². The van der Waals surface area contributed by atoms with Crippen LogP contribution in [-0.2, 0) is 11.8 Å². The van der Waals surface area contributed by atoms with Gasteiger partial charge in [-0.3, -0.25) is 4.79 Å². The van der Waals surface area contributed by atoms with Crippen LogP contribution in [0.5, 0.6) is 0 Å². The van der Waals surface area contributed by atoms with E-state index in [1.165, 1.54) is 11.8 Å². The third-order valence-corrected chi connectivity index (χ3v) is 5.79. The molecule has 5 nitrogen and oxygen atoms in total. The molecule has 0 unspecified atom stereocenters. The number of aromatic nitrogens is 3. The summed E-state index contributed by atoms with van der Waals surface area (Å²) in [6, 6.07) is 11.1. The Labute approximate surface area is 172 Å².